The van der Waals surface area contributed by atoms with Crippen molar-refractivity contribution < 1.29 is 32.3 Å². The summed E-state index contributed by atoms with van der Waals surface area (Å²) in [6.07, 6.45) is -4.56. The number of para-hydroxylation sites is 1. The van der Waals surface area contributed by atoms with Gasteiger partial charge in [0.25, 0.3) is 0 Å². The molecule has 194 valence electrons. The third kappa shape index (κ3) is 6.52. The Morgan fingerprint density at radius 2 is 1.84 bits per heavy atom. The average molecular weight is 514 g/mol. The van der Waals surface area contributed by atoms with Gasteiger partial charge < -0.3 is 24.5 Å². The van der Waals surface area contributed by atoms with Crippen LogP contribution in [-0.2, 0) is 17.6 Å². The van der Waals surface area contributed by atoms with Crippen LogP contribution in [0.2, 0.25) is 0 Å². The van der Waals surface area contributed by atoms with Crippen LogP contribution < -0.4 is 14.8 Å². The number of hydrogen-bond donors (Lipinski definition) is 1. The maximum Gasteiger partial charge on any atom is 0.416 e. The number of nitrogens with zero attached hydrogens (tertiary/aromatic N) is 2. The third-order valence-corrected chi connectivity index (χ3v) is 5.81. The Bertz CT molecular complexity index is 1280. The monoisotopic (exact) mass is 513 g/mol. The molecule has 1 N–H and O–H groups in total. The van der Waals surface area contributed by atoms with Gasteiger partial charge in [0.05, 0.1) is 32.0 Å². The van der Waals surface area contributed by atoms with E-state index >= 15 is 0 Å². The Morgan fingerprint density at radius 3 is 2.59 bits per heavy atom. The molecule has 0 aliphatic carbocycles. The predicted molar refractivity (Wildman–Crippen MR) is 133 cm³/mol. The molecule has 7 nitrogen and oxygen atoms in total. The van der Waals surface area contributed by atoms with Crippen LogP contribution in [0, 0.1) is 0 Å². The van der Waals surface area contributed by atoms with Crippen molar-refractivity contribution in [3.8, 4) is 11.5 Å². The van der Waals surface area contributed by atoms with Gasteiger partial charge in [-0.05, 0) is 48.0 Å². The number of methoxy groups -OCH3 is 2. The van der Waals surface area contributed by atoms with Crippen molar-refractivity contribution >= 4 is 17.4 Å². The number of halogens is 3. The molecule has 0 spiro atoms. The van der Waals surface area contributed by atoms with Crippen molar-refractivity contribution in [1.82, 2.24) is 4.90 Å². The van der Waals surface area contributed by atoms with E-state index in [1.807, 2.05) is 30.3 Å². The summed E-state index contributed by atoms with van der Waals surface area (Å²) in [7, 11) is 3.11. The van der Waals surface area contributed by atoms with Gasteiger partial charge in [-0.15, -0.1) is 0 Å². The number of anilines is 1. The largest absolute Gasteiger partial charge is 0.497 e. The van der Waals surface area contributed by atoms with Gasteiger partial charge in [0.2, 0.25) is 0 Å². The number of urea groups is 1. The molecule has 0 aromatic heterocycles. The van der Waals surface area contributed by atoms with Crippen molar-refractivity contribution in [2.75, 3.05) is 26.1 Å². The molecule has 3 aromatic rings. The maximum atomic E-state index is 13.3. The van der Waals surface area contributed by atoms with E-state index in [1.165, 1.54) is 17.0 Å². The van der Waals surface area contributed by atoms with Gasteiger partial charge in [-0.3, -0.25) is 0 Å². The average Bonchev–Trinajstić information content (AvgIpc) is 3.36. The quantitative estimate of drug-likeness (QED) is 0.404. The van der Waals surface area contributed by atoms with Gasteiger partial charge >= 0.3 is 12.2 Å². The Labute approximate surface area is 212 Å². The van der Waals surface area contributed by atoms with Crippen LogP contribution in [0.15, 0.2) is 78.0 Å². The number of carbonyl (C=O) groups excluding carboxylic acids is 1. The van der Waals surface area contributed by atoms with Crippen LogP contribution in [0.1, 0.15) is 23.1 Å². The molecule has 0 bridgehead atoms. The number of ether oxygens (including phenoxy) is 2. The fourth-order valence-corrected chi connectivity index (χ4v) is 4.00. The molecule has 1 unspecified atom stereocenters. The first-order valence-electron chi connectivity index (χ1n) is 11.5. The van der Waals surface area contributed by atoms with E-state index in [9.17, 15) is 18.0 Å². The zero-order valence-electron chi connectivity index (χ0n) is 20.3. The van der Waals surface area contributed by atoms with E-state index < -0.39 is 23.9 Å². The van der Waals surface area contributed by atoms with E-state index in [2.05, 4.69) is 10.5 Å². The Kier molecular flexibility index (Phi) is 7.86. The second-order valence-corrected chi connectivity index (χ2v) is 8.41. The smallest absolute Gasteiger partial charge is 0.416 e. The normalized spacial score (nSPS) is 14.9. The second-order valence-electron chi connectivity index (χ2n) is 8.41. The van der Waals surface area contributed by atoms with E-state index in [1.54, 1.807) is 32.4 Å². The Hall–Kier alpha value is -4.21. The van der Waals surface area contributed by atoms with Gasteiger partial charge in [-0.1, -0.05) is 35.5 Å². The molecule has 3 aromatic carbocycles. The highest BCUT2D eigenvalue weighted by atomic mass is 19.4. The van der Waals surface area contributed by atoms with E-state index in [0.717, 1.165) is 23.3 Å². The maximum absolute atomic E-state index is 13.3. The van der Waals surface area contributed by atoms with Crippen molar-refractivity contribution in [2.45, 2.75) is 25.2 Å². The summed E-state index contributed by atoms with van der Waals surface area (Å²) in [4.78, 5) is 20.4. The summed E-state index contributed by atoms with van der Waals surface area (Å²) in [5.74, 6) is 1.27. The van der Waals surface area contributed by atoms with Crippen LogP contribution in [0.5, 0.6) is 11.5 Å². The number of amides is 2. The van der Waals surface area contributed by atoms with Gasteiger partial charge in [0.15, 0.2) is 6.10 Å². The van der Waals surface area contributed by atoms with Gasteiger partial charge in [0, 0.05) is 24.2 Å². The molecule has 1 atom stereocenters. The zero-order valence-corrected chi connectivity index (χ0v) is 20.3. The molecule has 2 amide bonds. The first kappa shape index (κ1) is 25.9. The highest BCUT2D eigenvalue weighted by molar-refractivity contribution is 6.03. The zero-order chi connectivity index (χ0) is 26.4. The Balaban J connectivity index is 1.52. The van der Waals surface area contributed by atoms with Crippen LogP contribution >= 0.6 is 0 Å². The van der Waals surface area contributed by atoms with E-state index in [-0.39, 0.29) is 18.8 Å². The summed E-state index contributed by atoms with van der Waals surface area (Å²) >= 11 is 0. The molecular weight excluding hydrogens is 487 g/mol. The van der Waals surface area contributed by atoms with Crippen molar-refractivity contribution in [3.05, 3.63) is 89.5 Å². The SMILES string of the molecule is COc1cccc(CN(CC2CC(c3ccccc3OC)=NO2)C(=O)Nc2cccc(C(F)(F)F)c2)c1. The summed E-state index contributed by atoms with van der Waals surface area (Å²) < 4.78 is 50.1. The molecule has 37 heavy (non-hydrogen) atoms. The molecule has 0 fully saturated rings. The van der Waals surface area contributed by atoms with E-state index in [4.69, 9.17) is 14.3 Å². The molecule has 0 saturated heterocycles. The van der Waals surface area contributed by atoms with Crippen LogP contribution in [0.3, 0.4) is 0 Å². The first-order valence-corrected chi connectivity index (χ1v) is 11.5. The highest BCUT2D eigenvalue weighted by Crippen LogP contribution is 2.31. The summed E-state index contributed by atoms with van der Waals surface area (Å²) in [6, 6.07) is 18.5. The molecular formula is C27H26F3N3O4. The Morgan fingerprint density at radius 1 is 1.05 bits per heavy atom. The molecule has 10 heteroatoms. The highest BCUT2D eigenvalue weighted by Gasteiger charge is 2.31. The summed E-state index contributed by atoms with van der Waals surface area (Å²) in [5, 5.41) is 6.78. The summed E-state index contributed by atoms with van der Waals surface area (Å²) in [6.45, 7) is 0.315. The van der Waals surface area contributed by atoms with Gasteiger partial charge in [-0.2, -0.15) is 13.2 Å². The minimum Gasteiger partial charge on any atom is -0.497 e. The lowest BCUT2D eigenvalue weighted by Crippen LogP contribution is -2.40. The van der Waals surface area contributed by atoms with Crippen LogP contribution in [-0.4, -0.2) is 43.5 Å². The molecule has 0 radical (unpaired) electrons. The topological polar surface area (TPSA) is 72.4 Å². The fraction of sp³-hybridized carbons (Fsp3) is 0.259. The standard InChI is InChI=1S/C27H26F3N3O4/c1-35-21-10-5-7-18(13-21)16-33(26(34)31-20-9-6-8-19(14-20)27(28,29)30)17-22-15-24(32-37-22)23-11-3-4-12-25(23)36-2/h3-14,22H,15-17H2,1-2H3,(H,31,34). The number of rotatable bonds is 8. The fourth-order valence-electron chi connectivity index (χ4n) is 4.00. The van der Waals surface area contributed by atoms with Crippen LogP contribution in [0.25, 0.3) is 0 Å². The minimum atomic E-state index is -4.52. The molecule has 1 heterocycles. The number of hydrogen-bond acceptors (Lipinski definition) is 5. The van der Waals surface area contributed by atoms with Gasteiger partial charge in [-0.25, -0.2) is 4.79 Å². The summed E-state index contributed by atoms with van der Waals surface area (Å²) in [5.41, 5.74) is 1.44. The van der Waals surface area contributed by atoms with Crippen molar-refractivity contribution in [1.29, 1.82) is 0 Å². The van der Waals surface area contributed by atoms with Crippen molar-refractivity contribution in [3.63, 3.8) is 0 Å². The number of oxime groups is 1. The number of nitrogens with one attached hydrogen (secondary N) is 1. The number of alkyl halides is 3. The molecule has 0 saturated carbocycles. The number of benzene rings is 3. The predicted octanol–water partition coefficient (Wildman–Crippen LogP) is 5.95. The molecule has 1 aliphatic heterocycles. The van der Waals surface area contributed by atoms with Gasteiger partial charge in [0.1, 0.15) is 11.5 Å². The first-order chi connectivity index (χ1) is 17.8. The second kappa shape index (κ2) is 11.2. The lowest BCUT2D eigenvalue weighted by molar-refractivity contribution is -0.137. The lowest BCUT2D eigenvalue weighted by Gasteiger charge is -2.25. The minimum absolute atomic E-state index is 0.0359. The molecule has 1 aliphatic rings. The third-order valence-electron chi connectivity index (χ3n) is 5.81. The van der Waals surface area contributed by atoms with Crippen LogP contribution in [0.4, 0.5) is 23.7 Å². The number of carbonyl (C=O) groups is 1. The van der Waals surface area contributed by atoms with E-state index in [0.29, 0.717) is 23.6 Å². The van der Waals surface area contributed by atoms with Crippen molar-refractivity contribution in [2.24, 2.45) is 5.16 Å². The lowest BCUT2D eigenvalue weighted by atomic mass is 10.0. The molecule has 4 rings (SSSR count).